The Hall–Kier alpha value is -1.81. The van der Waals surface area contributed by atoms with Crippen LogP contribution in [0.25, 0.3) is 11.3 Å². The Labute approximate surface area is 120 Å². The van der Waals surface area contributed by atoms with Crippen molar-refractivity contribution < 1.29 is 4.74 Å². The van der Waals surface area contributed by atoms with E-state index in [0.29, 0.717) is 12.5 Å². The minimum absolute atomic E-state index is 0.414. The largest absolute Gasteiger partial charge is 0.496 e. The summed E-state index contributed by atoms with van der Waals surface area (Å²) in [4.78, 5) is 0. The molecule has 0 saturated heterocycles. The zero-order valence-electron chi connectivity index (χ0n) is 12.7. The summed E-state index contributed by atoms with van der Waals surface area (Å²) in [6.07, 6.45) is 0. The zero-order valence-corrected chi connectivity index (χ0v) is 12.7. The lowest BCUT2D eigenvalue weighted by Gasteiger charge is -2.14. The molecule has 4 heteroatoms. The van der Waals surface area contributed by atoms with Gasteiger partial charge in [-0.3, -0.25) is 4.68 Å². The first-order valence-electron chi connectivity index (χ1n) is 6.99. The summed E-state index contributed by atoms with van der Waals surface area (Å²) in [5.74, 6) is 1.35. The quantitative estimate of drug-likeness (QED) is 0.911. The minimum atomic E-state index is 0.414. The topological polar surface area (TPSA) is 53.1 Å². The number of rotatable bonds is 5. The highest BCUT2D eigenvalue weighted by molar-refractivity contribution is 5.63. The van der Waals surface area contributed by atoms with E-state index < -0.39 is 0 Å². The molecule has 1 aromatic carbocycles. The van der Waals surface area contributed by atoms with Gasteiger partial charge in [-0.15, -0.1) is 0 Å². The summed E-state index contributed by atoms with van der Waals surface area (Å²) in [5, 5.41) is 4.50. The van der Waals surface area contributed by atoms with Crippen molar-refractivity contribution in [3.63, 3.8) is 0 Å². The molecule has 108 valence electrons. The Kier molecular flexibility index (Phi) is 4.45. The smallest absolute Gasteiger partial charge is 0.122 e. The normalized spacial score (nSPS) is 11.1. The SMILES string of the molecule is COc1ccc(-c2cc(C)nn2CCN)cc1C(C)C. The number of aryl methyl sites for hydroxylation is 1. The second-order valence-corrected chi connectivity index (χ2v) is 5.29. The number of methoxy groups -OCH3 is 1. The van der Waals surface area contributed by atoms with Crippen molar-refractivity contribution in [2.75, 3.05) is 13.7 Å². The minimum Gasteiger partial charge on any atom is -0.496 e. The number of benzene rings is 1. The highest BCUT2D eigenvalue weighted by Gasteiger charge is 2.12. The maximum Gasteiger partial charge on any atom is 0.122 e. The van der Waals surface area contributed by atoms with Crippen LogP contribution in [0.4, 0.5) is 0 Å². The predicted molar refractivity (Wildman–Crippen MR) is 82.1 cm³/mol. The molecule has 0 radical (unpaired) electrons. The molecule has 0 fully saturated rings. The summed E-state index contributed by atoms with van der Waals surface area (Å²) in [7, 11) is 1.71. The molecule has 0 aliphatic rings. The lowest BCUT2D eigenvalue weighted by molar-refractivity contribution is 0.407. The molecule has 0 aliphatic heterocycles. The molecular formula is C16H23N3O. The van der Waals surface area contributed by atoms with E-state index in [1.165, 1.54) is 5.56 Å². The van der Waals surface area contributed by atoms with Crippen LogP contribution in [0.2, 0.25) is 0 Å². The Bertz CT molecular complexity index is 587. The molecule has 0 unspecified atom stereocenters. The van der Waals surface area contributed by atoms with E-state index in [4.69, 9.17) is 10.5 Å². The van der Waals surface area contributed by atoms with Gasteiger partial charge in [-0.05, 0) is 42.7 Å². The van der Waals surface area contributed by atoms with Gasteiger partial charge in [-0.25, -0.2) is 0 Å². The molecule has 0 spiro atoms. The van der Waals surface area contributed by atoms with Crippen LogP contribution >= 0.6 is 0 Å². The third kappa shape index (κ3) is 2.85. The Balaban J connectivity index is 2.50. The fraction of sp³-hybridized carbons (Fsp3) is 0.438. The number of nitrogens with two attached hydrogens (primary N) is 1. The van der Waals surface area contributed by atoms with E-state index >= 15 is 0 Å². The first-order valence-corrected chi connectivity index (χ1v) is 6.99. The number of ether oxygens (including phenoxy) is 1. The fourth-order valence-corrected chi connectivity index (χ4v) is 2.42. The van der Waals surface area contributed by atoms with Gasteiger partial charge in [0.1, 0.15) is 5.75 Å². The van der Waals surface area contributed by atoms with Gasteiger partial charge in [0.05, 0.1) is 25.0 Å². The van der Waals surface area contributed by atoms with E-state index in [1.807, 2.05) is 17.7 Å². The van der Waals surface area contributed by atoms with E-state index in [1.54, 1.807) is 7.11 Å². The Morgan fingerprint density at radius 3 is 2.65 bits per heavy atom. The molecule has 2 N–H and O–H groups in total. The van der Waals surface area contributed by atoms with E-state index in [9.17, 15) is 0 Å². The molecule has 2 rings (SSSR count). The highest BCUT2D eigenvalue weighted by Crippen LogP contribution is 2.31. The first kappa shape index (κ1) is 14.6. The zero-order chi connectivity index (χ0) is 14.7. The molecule has 20 heavy (non-hydrogen) atoms. The standard InChI is InChI=1S/C16H23N3O/c1-11(2)14-10-13(5-6-16(14)20-4)15-9-12(3)18-19(15)8-7-17/h5-6,9-11H,7-8,17H2,1-4H3. The van der Waals surface area contributed by atoms with Crippen molar-refractivity contribution >= 4 is 0 Å². The van der Waals surface area contributed by atoms with Crippen molar-refractivity contribution in [1.82, 2.24) is 9.78 Å². The predicted octanol–water partition coefficient (Wildman–Crippen LogP) is 2.95. The number of hydrogen-bond donors (Lipinski definition) is 1. The maximum absolute atomic E-state index is 5.66. The van der Waals surface area contributed by atoms with E-state index in [0.717, 1.165) is 29.2 Å². The number of hydrogen-bond acceptors (Lipinski definition) is 3. The summed E-state index contributed by atoms with van der Waals surface area (Å²) in [6.45, 7) is 7.66. The summed E-state index contributed by atoms with van der Waals surface area (Å²) in [6, 6.07) is 8.39. The van der Waals surface area contributed by atoms with Gasteiger partial charge in [-0.2, -0.15) is 5.10 Å². The molecule has 2 aromatic rings. The Morgan fingerprint density at radius 2 is 2.05 bits per heavy atom. The third-order valence-electron chi connectivity index (χ3n) is 3.39. The molecule has 0 amide bonds. The maximum atomic E-state index is 5.66. The van der Waals surface area contributed by atoms with Gasteiger partial charge in [-0.1, -0.05) is 13.8 Å². The van der Waals surface area contributed by atoms with Crippen LogP contribution in [-0.4, -0.2) is 23.4 Å². The molecule has 0 atom stereocenters. The van der Waals surface area contributed by atoms with Crippen LogP contribution < -0.4 is 10.5 Å². The van der Waals surface area contributed by atoms with Crippen LogP contribution in [-0.2, 0) is 6.54 Å². The second-order valence-electron chi connectivity index (χ2n) is 5.29. The molecule has 0 saturated carbocycles. The van der Waals surface area contributed by atoms with Crippen LogP contribution in [0.1, 0.15) is 31.0 Å². The van der Waals surface area contributed by atoms with Crippen LogP contribution in [0.15, 0.2) is 24.3 Å². The average Bonchev–Trinajstić information content (AvgIpc) is 2.79. The van der Waals surface area contributed by atoms with Crippen molar-refractivity contribution in [3.05, 3.63) is 35.5 Å². The van der Waals surface area contributed by atoms with Gasteiger partial charge in [0.15, 0.2) is 0 Å². The molecule has 1 aromatic heterocycles. The molecule has 0 aliphatic carbocycles. The lowest BCUT2D eigenvalue weighted by Crippen LogP contribution is -2.12. The number of nitrogens with zero attached hydrogens (tertiary/aromatic N) is 2. The van der Waals surface area contributed by atoms with Gasteiger partial charge in [0.25, 0.3) is 0 Å². The Morgan fingerprint density at radius 1 is 1.30 bits per heavy atom. The lowest BCUT2D eigenvalue weighted by atomic mass is 9.98. The van der Waals surface area contributed by atoms with Gasteiger partial charge >= 0.3 is 0 Å². The highest BCUT2D eigenvalue weighted by atomic mass is 16.5. The van der Waals surface area contributed by atoms with E-state index in [2.05, 4.69) is 37.1 Å². The number of aromatic nitrogens is 2. The molecule has 0 bridgehead atoms. The van der Waals surface area contributed by atoms with Crippen molar-refractivity contribution in [1.29, 1.82) is 0 Å². The van der Waals surface area contributed by atoms with Gasteiger partial charge in [0.2, 0.25) is 0 Å². The van der Waals surface area contributed by atoms with E-state index in [-0.39, 0.29) is 0 Å². The van der Waals surface area contributed by atoms with Crippen LogP contribution in [0, 0.1) is 6.92 Å². The van der Waals surface area contributed by atoms with Gasteiger partial charge < -0.3 is 10.5 Å². The third-order valence-corrected chi connectivity index (χ3v) is 3.39. The molecular weight excluding hydrogens is 250 g/mol. The molecule has 4 nitrogen and oxygen atoms in total. The summed E-state index contributed by atoms with van der Waals surface area (Å²) >= 11 is 0. The first-order chi connectivity index (χ1) is 9.56. The average molecular weight is 273 g/mol. The van der Waals surface area contributed by atoms with Crippen LogP contribution in [0.3, 0.4) is 0 Å². The van der Waals surface area contributed by atoms with Crippen molar-refractivity contribution in [2.24, 2.45) is 5.73 Å². The second kappa shape index (κ2) is 6.09. The summed E-state index contributed by atoms with van der Waals surface area (Å²) in [5.41, 5.74) is 10.1. The van der Waals surface area contributed by atoms with Crippen molar-refractivity contribution in [2.45, 2.75) is 33.2 Å². The van der Waals surface area contributed by atoms with Crippen LogP contribution in [0.5, 0.6) is 5.75 Å². The fourth-order valence-electron chi connectivity index (χ4n) is 2.42. The van der Waals surface area contributed by atoms with Crippen molar-refractivity contribution in [3.8, 4) is 17.0 Å². The monoisotopic (exact) mass is 273 g/mol. The van der Waals surface area contributed by atoms with Gasteiger partial charge in [0, 0.05) is 12.1 Å². The summed E-state index contributed by atoms with van der Waals surface area (Å²) < 4.78 is 7.41. The molecule has 1 heterocycles.